The SMILES string of the molecule is COc1cc(OC)c(OC)cc1C=Nc1ccc(NC(C)=O)cc1. The Bertz CT molecular complexity index is 739. The van der Waals surface area contributed by atoms with Gasteiger partial charge in [0, 0.05) is 30.5 Å². The highest BCUT2D eigenvalue weighted by molar-refractivity contribution is 5.89. The fraction of sp³-hybridized carbons (Fsp3) is 0.222. The van der Waals surface area contributed by atoms with E-state index in [0.717, 1.165) is 16.9 Å². The second-order valence-electron chi connectivity index (χ2n) is 4.94. The van der Waals surface area contributed by atoms with Crippen molar-refractivity contribution in [3.63, 3.8) is 0 Å². The van der Waals surface area contributed by atoms with Crippen molar-refractivity contribution in [1.82, 2.24) is 0 Å². The minimum atomic E-state index is -0.110. The molecule has 0 aliphatic heterocycles. The van der Waals surface area contributed by atoms with Crippen LogP contribution in [0.3, 0.4) is 0 Å². The van der Waals surface area contributed by atoms with Crippen LogP contribution in [0.25, 0.3) is 0 Å². The van der Waals surface area contributed by atoms with Crippen LogP contribution in [0.4, 0.5) is 11.4 Å². The zero-order chi connectivity index (χ0) is 17.5. The molecule has 0 fully saturated rings. The van der Waals surface area contributed by atoms with Gasteiger partial charge in [-0.3, -0.25) is 9.79 Å². The van der Waals surface area contributed by atoms with Crippen LogP contribution in [0.2, 0.25) is 0 Å². The normalized spacial score (nSPS) is 10.5. The average molecular weight is 328 g/mol. The van der Waals surface area contributed by atoms with Gasteiger partial charge in [0.25, 0.3) is 0 Å². The molecule has 126 valence electrons. The number of nitrogens with zero attached hydrogens (tertiary/aromatic N) is 1. The van der Waals surface area contributed by atoms with E-state index in [-0.39, 0.29) is 5.91 Å². The summed E-state index contributed by atoms with van der Waals surface area (Å²) in [6.45, 7) is 1.47. The van der Waals surface area contributed by atoms with Gasteiger partial charge in [0.1, 0.15) is 5.75 Å². The summed E-state index contributed by atoms with van der Waals surface area (Å²) in [6, 6.07) is 10.8. The molecule has 0 atom stereocenters. The molecule has 0 aliphatic rings. The molecule has 0 unspecified atom stereocenters. The van der Waals surface area contributed by atoms with Crippen molar-refractivity contribution in [3.05, 3.63) is 42.0 Å². The third kappa shape index (κ3) is 4.25. The molecule has 1 amide bonds. The van der Waals surface area contributed by atoms with E-state index in [2.05, 4.69) is 10.3 Å². The summed E-state index contributed by atoms with van der Waals surface area (Å²) in [6.07, 6.45) is 1.69. The van der Waals surface area contributed by atoms with Crippen molar-refractivity contribution in [2.75, 3.05) is 26.6 Å². The molecule has 0 saturated heterocycles. The Morgan fingerprint density at radius 3 is 2.08 bits per heavy atom. The summed E-state index contributed by atoms with van der Waals surface area (Å²) in [5, 5.41) is 2.71. The molecule has 0 bridgehead atoms. The molecular weight excluding hydrogens is 308 g/mol. The number of rotatable bonds is 6. The van der Waals surface area contributed by atoms with E-state index >= 15 is 0 Å². The van der Waals surface area contributed by atoms with Gasteiger partial charge in [0.15, 0.2) is 11.5 Å². The number of carbonyl (C=O) groups is 1. The van der Waals surface area contributed by atoms with E-state index in [1.165, 1.54) is 6.92 Å². The molecule has 0 saturated carbocycles. The lowest BCUT2D eigenvalue weighted by Gasteiger charge is -2.11. The zero-order valence-electron chi connectivity index (χ0n) is 14.1. The molecule has 2 rings (SSSR count). The summed E-state index contributed by atoms with van der Waals surface area (Å²) >= 11 is 0. The van der Waals surface area contributed by atoms with Crippen molar-refractivity contribution in [3.8, 4) is 17.2 Å². The maximum atomic E-state index is 11.0. The second kappa shape index (κ2) is 8.01. The number of carbonyl (C=O) groups excluding carboxylic acids is 1. The number of hydrogen-bond acceptors (Lipinski definition) is 5. The molecule has 0 aliphatic carbocycles. The van der Waals surface area contributed by atoms with Crippen molar-refractivity contribution >= 4 is 23.5 Å². The molecule has 1 N–H and O–H groups in total. The first-order valence-corrected chi connectivity index (χ1v) is 7.29. The van der Waals surface area contributed by atoms with Crippen LogP contribution in [-0.2, 0) is 4.79 Å². The topological polar surface area (TPSA) is 69.2 Å². The Hall–Kier alpha value is -3.02. The zero-order valence-corrected chi connectivity index (χ0v) is 14.1. The predicted molar refractivity (Wildman–Crippen MR) is 94.1 cm³/mol. The van der Waals surface area contributed by atoms with Crippen molar-refractivity contribution < 1.29 is 19.0 Å². The first-order valence-electron chi connectivity index (χ1n) is 7.29. The van der Waals surface area contributed by atoms with Crippen LogP contribution < -0.4 is 19.5 Å². The highest BCUT2D eigenvalue weighted by Gasteiger charge is 2.10. The number of aliphatic imine (C=N–C) groups is 1. The number of amides is 1. The Labute approximate surface area is 141 Å². The number of nitrogens with one attached hydrogen (secondary N) is 1. The lowest BCUT2D eigenvalue weighted by molar-refractivity contribution is -0.114. The van der Waals surface area contributed by atoms with Crippen LogP contribution in [0.5, 0.6) is 17.2 Å². The van der Waals surface area contributed by atoms with E-state index in [9.17, 15) is 4.79 Å². The number of hydrogen-bond donors (Lipinski definition) is 1. The van der Waals surface area contributed by atoms with E-state index in [1.807, 2.05) is 12.1 Å². The minimum absolute atomic E-state index is 0.110. The van der Waals surface area contributed by atoms with E-state index in [0.29, 0.717) is 17.2 Å². The first-order chi connectivity index (χ1) is 11.6. The van der Waals surface area contributed by atoms with Gasteiger partial charge >= 0.3 is 0 Å². The summed E-state index contributed by atoms with van der Waals surface area (Å²) in [7, 11) is 4.73. The van der Waals surface area contributed by atoms with E-state index < -0.39 is 0 Å². The van der Waals surface area contributed by atoms with Crippen molar-refractivity contribution in [2.24, 2.45) is 4.99 Å². The number of ether oxygens (including phenoxy) is 3. The Kier molecular flexibility index (Phi) is 5.78. The molecule has 6 nitrogen and oxygen atoms in total. The maximum Gasteiger partial charge on any atom is 0.221 e. The van der Waals surface area contributed by atoms with Crippen LogP contribution >= 0.6 is 0 Å². The summed E-state index contributed by atoms with van der Waals surface area (Å²) in [5.41, 5.74) is 2.24. The number of methoxy groups -OCH3 is 3. The average Bonchev–Trinajstić information content (AvgIpc) is 2.59. The standard InChI is InChI=1S/C18H20N2O4/c1-12(21)20-15-7-5-14(6-8-15)19-11-13-9-17(23-3)18(24-4)10-16(13)22-2/h5-11H,1-4H3,(H,20,21). The third-order valence-electron chi connectivity index (χ3n) is 3.28. The summed E-state index contributed by atoms with van der Waals surface area (Å²) in [5.74, 6) is 1.71. The van der Waals surface area contributed by atoms with Crippen LogP contribution in [-0.4, -0.2) is 33.5 Å². The highest BCUT2D eigenvalue weighted by Crippen LogP contribution is 2.34. The Balaban J connectivity index is 2.26. The van der Waals surface area contributed by atoms with Crippen molar-refractivity contribution in [2.45, 2.75) is 6.92 Å². The number of anilines is 1. The second-order valence-corrected chi connectivity index (χ2v) is 4.94. The van der Waals surface area contributed by atoms with Gasteiger partial charge in [-0.15, -0.1) is 0 Å². The van der Waals surface area contributed by atoms with Gasteiger partial charge in [-0.25, -0.2) is 0 Å². The Morgan fingerprint density at radius 2 is 1.54 bits per heavy atom. The van der Waals surface area contributed by atoms with Crippen LogP contribution in [0, 0.1) is 0 Å². The maximum absolute atomic E-state index is 11.0. The van der Waals surface area contributed by atoms with Crippen LogP contribution in [0.1, 0.15) is 12.5 Å². The van der Waals surface area contributed by atoms with Gasteiger partial charge in [-0.1, -0.05) is 0 Å². The van der Waals surface area contributed by atoms with E-state index in [1.54, 1.807) is 51.8 Å². The smallest absolute Gasteiger partial charge is 0.221 e. The summed E-state index contributed by atoms with van der Waals surface area (Å²) in [4.78, 5) is 15.4. The van der Waals surface area contributed by atoms with Crippen LogP contribution in [0.15, 0.2) is 41.4 Å². The molecule has 0 radical (unpaired) electrons. The quantitative estimate of drug-likeness (QED) is 0.825. The molecule has 0 heterocycles. The fourth-order valence-corrected chi connectivity index (χ4v) is 2.13. The molecule has 0 spiro atoms. The molecule has 2 aromatic rings. The molecule has 6 heteroatoms. The molecule has 24 heavy (non-hydrogen) atoms. The molecule has 2 aromatic carbocycles. The van der Waals surface area contributed by atoms with E-state index in [4.69, 9.17) is 14.2 Å². The minimum Gasteiger partial charge on any atom is -0.496 e. The highest BCUT2D eigenvalue weighted by atomic mass is 16.5. The van der Waals surface area contributed by atoms with Gasteiger partial charge in [0.2, 0.25) is 5.91 Å². The monoisotopic (exact) mass is 328 g/mol. The van der Waals surface area contributed by atoms with Gasteiger partial charge in [-0.05, 0) is 30.3 Å². The Morgan fingerprint density at radius 1 is 0.958 bits per heavy atom. The predicted octanol–water partition coefficient (Wildman–Crippen LogP) is 3.42. The summed E-state index contributed by atoms with van der Waals surface area (Å²) < 4.78 is 15.9. The molecular formula is C18H20N2O4. The fourth-order valence-electron chi connectivity index (χ4n) is 2.13. The largest absolute Gasteiger partial charge is 0.496 e. The van der Waals surface area contributed by atoms with Gasteiger partial charge in [0.05, 0.1) is 27.0 Å². The van der Waals surface area contributed by atoms with Gasteiger partial charge in [-0.2, -0.15) is 0 Å². The lowest BCUT2D eigenvalue weighted by atomic mass is 10.2. The molecule has 0 aromatic heterocycles. The first kappa shape index (κ1) is 17.3. The van der Waals surface area contributed by atoms with Crippen molar-refractivity contribution in [1.29, 1.82) is 0 Å². The number of benzene rings is 2. The van der Waals surface area contributed by atoms with Gasteiger partial charge < -0.3 is 19.5 Å². The lowest BCUT2D eigenvalue weighted by Crippen LogP contribution is -2.04. The third-order valence-corrected chi connectivity index (χ3v) is 3.28.